The summed E-state index contributed by atoms with van der Waals surface area (Å²) >= 11 is 9.25. The maximum absolute atomic E-state index is 12.6. The lowest BCUT2D eigenvalue weighted by atomic mass is 10.1. The van der Waals surface area contributed by atoms with Crippen LogP contribution in [0.25, 0.3) is 10.8 Å². The highest BCUT2D eigenvalue weighted by Crippen LogP contribution is 2.34. The van der Waals surface area contributed by atoms with Crippen LogP contribution in [0.15, 0.2) is 52.5 Å². The summed E-state index contributed by atoms with van der Waals surface area (Å²) in [6, 6.07) is 11.9. The molecule has 0 atom stereocenters. The molecule has 0 N–H and O–H groups in total. The van der Waals surface area contributed by atoms with Crippen LogP contribution in [0.4, 0.5) is 10.5 Å². The molecule has 3 nitrogen and oxygen atoms in total. The zero-order chi connectivity index (χ0) is 17.0. The van der Waals surface area contributed by atoms with Crippen molar-refractivity contribution in [1.82, 2.24) is 0 Å². The second-order valence-electron chi connectivity index (χ2n) is 6.07. The Kier molecular flexibility index (Phi) is 5.71. The van der Waals surface area contributed by atoms with Crippen molar-refractivity contribution >= 4 is 50.1 Å². The van der Waals surface area contributed by atoms with Crippen molar-refractivity contribution in [2.24, 2.45) is 0 Å². The van der Waals surface area contributed by atoms with Crippen LogP contribution >= 0.6 is 27.5 Å². The van der Waals surface area contributed by atoms with Crippen LogP contribution < -0.4 is 4.90 Å². The second-order valence-corrected chi connectivity index (χ2v) is 7.12. The van der Waals surface area contributed by atoms with Gasteiger partial charge in [-0.1, -0.05) is 48.0 Å². The van der Waals surface area contributed by atoms with Crippen molar-refractivity contribution < 1.29 is 9.53 Å². The van der Waals surface area contributed by atoms with Crippen molar-refractivity contribution in [1.29, 1.82) is 0 Å². The average molecular weight is 397 g/mol. The zero-order valence-electron chi connectivity index (χ0n) is 13.3. The number of fused-ring (bicyclic) bond motifs is 1. The minimum Gasteiger partial charge on any atom is -0.443 e. The number of hydrogen-bond acceptors (Lipinski definition) is 2. The summed E-state index contributed by atoms with van der Waals surface area (Å²) in [6.07, 6.45) is 1.29. The van der Waals surface area contributed by atoms with E-state index in [0.717, 1.165) is 20.9 Å². The summed E-state index contributed by atoms with van der Waals surface area (Å²) in [7, 11) is 0. The first-order chi connectivity index (χ1) is 10.8. The SMILES string of the molecule is CC(C)(C)OC(=O)N(C/C=C\Cl)c1ccc2ccccc2c1Br. The van der Waals surface area contributed by atoms with Gasteiger partial charge in [-0.15, -0.1) is 0 Å². The summed E-state index contributed by atoms with van der Waals surface area (Å²) < 4.78 is 6.36. The number of ether oxygens (including phenoxy) is 1. The van der Waals surface area contributed by atoms with Gasteiger partial charge in [0.25, 0.3) is 0 Å². The largest absolute Gasteiger partial charge is 0.443 e. The molecule has 1 amide bonds. The van der Waals surface area contributed by atoms with Crippen LogP contribution in [0.2, 0.25) is 0 Å². The molecule has 0 radical (unpaired) electrons. The molecular weight excluding hydrogens is 378 g/mol. The number of nitrogens with zero attached hydrogens (tertiary/aromatic N) is 1. The summed E-state index contributed by atoms with van der Waals surface area (Å²) in [5.41, 5.74) is 1.57. The van der Waals surface area contributed by atoms with E-state index in [1.165, 1.54) is 5.54 Å². The fourth-order valence-electron chi connectivity index (χ4n) is 2.16. The third-order valence-corrected chi connectivity index (χ3v) is 4.14. The van der Waals surface area contributed by atoms with Crippen LogP contribution in [0.5, 0.6) is 0 Å². The normalized spacial score (nSPS) is 11.9. The van der Waals surface area contributed by atoms with Gasteiger partial charge < -0.3 is 4.74 Å². The van der Waals surface area contributed by atoms with E-state index in [0.29, 0.717) is 6.54 Å². The molecule has 0 saturated heterocycles. The molecule has 2 rings (SSSR count). The quantitative estimate of drug-likeness (QED) is 0.627. The number of carbonyl (C=O) groups excluding carboxylic acids is 1. The molecule has 0 bridgehead atoms. The minimum atomic E-state index is -0.566. The first-order valence-corrected chi connectivity index (χ1v) is 8.49. The molecule has 0 aliphatic carbocycles. The van der Waals surface area contributed by atoms with Gasteiger partial charge in [-0.2, -0.15) is 0 Å². The Hall–Kier alpha value is -1.52. The number of rotatable bonds is 3. The first-order valence-electron chi connectivity index (χ1n) is 7.26. The van der Waals surface area contributed by atoms with Crippen LogP contribution in [0.1, 0.15) is 20.8 Å². The zero-order valence-corrected chi connectivity index (χ0v) is 15.7. The van der Waals surface area contributed by atoms with E-state index in [9.17, 15) is 4.79 Å². The highest BCUT2D eigenvalue weighted by atomic mass is 79.9. The number of halogens is 2. The molecule has 5 heteroatoms. The molecule has 0 fully saturated rings. The first kappa shape index (κ1) is 17.8. The van der Waals surface area contributed by atoms with Gasteiger partial charge in [-0.3, -0.25) is 4.90 Å². The van der Waals surface area contributed by atoms with E-state index in [1.807, 2.05) is 57.2 Å². The molecule has 0 unspecified atom stereocenters. The molecule has 23 heavy (non-hydrogen) atoms. The molecule has 0 saturated carbocycles. The molecular formula is C18H19BrClNO2. The predicted octanol–water partition coefficient (Wildman–Crippen LogP) is 6.10. The van der Waals surface area contributed by atoms with Gasteiger partial charge in [0.15, 0.2) is 0 Å². The van der Waals surface area contributed by atoms with Crippen molar-refractivity contribution in [3.8, 4) is 0 Å². The number of anilines is 1. The molecule has 122 valence electrons. The average Bonchev–Trinajstić information content (AvgIpc) is 2.48. The third-order valence-electron chi connectivity index (χ3n) is 3.12. The van der Waals surface area contributed by atoms with Crippen molar-refractivity contribution in [2.45, 2.75) is 26.4 Å². The lowest BCUT2D eigenvalue weighted by Gasteiger charge is -2.27. The third kappa shape index (κ3) is 4.49. The minimum absolute atomic E-state index is 0.329. The van der Waals surface area contributed by atoms with Gasteiger partial charge >= 0.3 is 6.09 Å². The van der Waals surface area contributed by atoms with Crippen LogP contribution in [-0.2, 0) is 4.74 Å². The van der Waals surface area contributed by atoms with Crippen molar-refractivity contribution in [2.75, 3.05) is 11.4 Å². The maximum atomic E-state index is 12.6. The summed E-state index contributed by atoms with van der Waals surface area (Å²) in [5, 5.41) is 2.13. The molecule has 0 aromatic heterocycles. The lowest BCUT2D eigenvalue weighted by Crippen LogP contribution is -2.37. The summed E-state index contributed by atoms with van der Waals surface area (Å²) in [5.74, 6) is 0. The van der Waals surface area contributed by atoms with Crippen molar-refractivity contribution in [3.63, 3.8) is 0 Å². The molecule has 0 heterocycles. The number of carbonyl (C=O) groups is 1. The van der Waals surface area contributed by atoms with Gasteiger partial charge in [0.1, 0.15) is 5.60 Å². The van der Waals surface area contributed by atoms with Crippen LogP contribution in [0, 0.1) is 0 Å². The van der Waals surface area contributed by atoms with Crippen LogP contribution in [0.3, 0.4) is 0 Å². The summed E-state index contributed by atoms with van der Waals surface area (Å²) in [6.45, 7) is 5.86. The standard InChI is InChI=1S/C18H19BrClNO2/c1-18(2,3)23-17(22)21(12-6-11-20)15-10-9-13-7-4-5-8-14(13)16(15)19/h4-11H,12H2,1-3H3/b11-6-. The number of hydrogen-bond donors (Lipinski definition) is 0. The van der Waals surface area contributed by atoms with E-state index in [4.69, 9.17) is 16.3 Å². The van der Waals surface area contributed by atoms with Gasteiger partial charge in [-0.05, 0) is 53.5 Å². The molecule has 0 spiro atoms. The van der Waals surface area contributed by atoms with E-state index in [-0.39, 0.29) is 0 Å². The Morgan fingerprint density at radius 2 is 1.96 bits per heavy atom. The molecule has 2 aromatic rings. The Balaban J connectivity index is 2.46. The van der Waals surface area contributed by atoms with Gasteiger partial charge in [0.05, 0.1) is 5.69 Å². The van der Waals surface area contributed by atoms with E-state index < -0.39 is 11.7 Å². The monoisotopic (exact) mass is 395 g/mol. The Bertz CT molecular complexity index is 737. The van der Waals surface area contributed by atoms with Gasteiger partial charge in [0, 0.05) is 16.6 Å². The highest BCUT2D eigenvalue weighted by molar-refractivity contribution is 9.10. The lowest BCUT2D eigenvalue weighted by molar-refractivity contribution is 0.0584. The smallest absolute Gasteiger partial charge is 0.415 e. The second kappa shape index (κ2) is 7.37. The van der Waals surface area contributed by atoms with E-state index in [1.54, 1.807) is 11.0 Å². The summed E-state index contributed by atoms with van der Waals surface area (Å²) in [4.78, 5) is 14.1. The fourth-order valence-corrected chi connectivity index (χ4v) is 2.95. The predicted molar refractivity (Wildman–Crippen MR) is 100 cm³/mol. The van der Waals surface area contributed by atoms with E-state index >= 15 is 0 Å². The Morgan fingerprint density at radius 3 is 2.61 bits per heavy atom. The van der Waals surface area contributed by atoms with Gasteiger partial charge in [0.2, 0.25) is 0 Å². The highest BCUT2D eigenvalue weighted by Gasteiger charge is 2.24. The molecule has 2 aromatic carbocycles. The van der Waals surface area contributed by atoms with Crippen LogP contribution in [-0.4, -0.2) is 18.2 Å². The number of amides is 1. The maximum Gasteiger partial charge on any atom is 0.415 e. The van der Waals surface area contributed by atoms with Crippen molar-refractivity contribution in [3.05, 3.63) is 52.5 Å². The van der Waals surface area contributed by atoms with E-state index in [2.05, 4.69) is 15.9 Å². The number of benzene rings is 2. The topological polar surface area (TPSA) is 29.5 Å². The van der Waals surface area contributed by atoms with Gasteiger partial charge in [-0.25, -0.2) is 4.79 Å². The Labute approximate surface area is 150 Å². The fraction of sp³-hybridized carbons (Fsp3) is 0.278. The Morgan fingerprint density at radius 1 is 1.26 bits per heavy atom. The molecule has 0 aliphatic rings. The molecule has 0 aliphatic heterocycles.